The highest BCUT2D eigenvalue weighted by Crippen LogP contribution is 2.33. The maximum absolute atomic E-state index is 6.05. The number of hydrogen-bond acceptors (Lipinski definition) is 4. The van der Waals surface area contributed by atoms with Crippen molar-refractivity contribution in [1.82, 2.24) is 9.97 Å². The first-order valence-corrected chi connectivity index (χ1v) is 7.32. The molecule has 6 heteroatoms. The molecule has 22 heavy (non-hydrogen) atoms. The molecule has 0 aliphatic rings. The van der Waals surface area contributed by atoms with E-state index in [1.807, 2.05) is 36.4 Å². The normalized spacial score (nSPS) is 11.2. The van der Waals surface area contributed by atoms with Gasteiger partial charge < -0.3 is 9.73 Å². The quantitative estimate of drug-likeness (QED) is 0.533. The smallest absolute Gasteiger partial charge is 0.196 e. The van der Waals surface area contributed by atoms with Crippen molar-refractivity contribution < 1.29 is 4.42 Å². The van der Waals surface area contributed by atoms with Gasteiger partial charge in [-0.25, -0.2) is 9.97 Å². The minimum atomic E-state index is 0.583. The Morgan fingerprint density at radius 2 is 1.82 bits per heavy atom. The first-order chi connectivity index (χ1) is 10.7. The molecule has 2 heterocycles. The number of nitrogens with one attached hydrogen (secondary N) is 1. The number of rotatable bonds is 2. The van der Waals surface area contributed by atoms with E-state index >= 15 is 0 Å². The maximum atomic E-state index is 6.05. The van der Waals surface area contributed by atoms with Gasteiger partial charge in [0.05, 0.1) is 0 Å². The van der Waals surface area contributed by atoms with Crippen LogP contribution in [-0.2, 0) is 0 Å². The molecule has 2 aromatic heterocycles. The number of benzene rings is 2. The summed E-state index contributed by atoms with van der Waals surface area (Å²) in [6.07, 6.45) is 1.49. The molecule has 0 aliphatic carbocycles. The summed E-state index contributed by atoms with van der Waals surface area (Å²) >= 11 is 12.0. The average molecular weight is 330 g/mol. The van der Waals surface area contributed by atoms with Crippen molar-refractivity contribution in [2.75, 3.05) is 5.32 Å². The van der Waals surface area contributed by atoms with Gasteiger partial charge in [-0.15, -0.1) is 0 Å². The number of aromatic nitrogens is 2. The molecule has 0 bridgehead atoms. The zero-order chi connectivity index (χ0) is 15.1. The Bertz CT molecular complexity index is 997. The van der Waals surface area contributed by atoms with Crippen LogP contribution in [0.25, 0.3) is 22.1 Å². The number of nitrogens with zero attached hydrogens (tertiary/aromatic N) is 2. The zero-order valence-corrected chi connectivity index (χ0v) is 12.7. The largest absolute Gasteiger partial charge is 0.450 e. The van der Waals surface area contributed by atoms with Crippen molar-refractivity contribution in [3.8, 4) is 0 Å². The summed E-state index contributed by atoms with van der Waals surface area (Å²) in [4.78, 5) is 8.56. The van der Waals surface area contributed by atoms with Crippen LogP contribution in [0, 0.1) is 0 Å². The van der Waals surface area contributed by atoms with Gasteiger partial charge in [0, 0.05) is 21.1 Å². The molecule has 4 nitrogen and oxygen atoms in total. The van der Waals surface area contributed by atoms with Crippen LogP contribution in [0.5, 0.6) is 0 Å². The third kappa shape index (κ3) is 2.26. The highest BCUT2D eigenvalue weighted by molar-refractivity contribution is 6.31. The van der Waals surface area contributed by atoms with Gasteiger partial charge in [-0.2, -0.15) is 0 Å². The molecule has 0 fully saturated rings. The third-order valence-corrected chi connectivity index (χ3v) is 3.77. The lowest BCUT2D eigenvalue weighted by Gasteiger charge is -2.05. The van der Waals surface area contributed by atoms with Crippen LogP contribution in [0.4, 0.5) is 11.5 Å². The van der Waals surface area contributed by atoms with Crippen LogP contribution in [0.2, 0.25) is 10.0 Å². The van der Waals surface area contributed by atoms with Crippen LogP contribution in [0.1, 0.15) is 0 Å². The molecule has 0 saturated carbocycles. The topological polar surface area (TPSA) is 51.0 Å². The second-order valence-corrected chi connectivity index (χ2v) is 5.65. The molecule has 0 aliphatic heterocycles. The van der Waals surface area contributed by atoms with Gasteiger partial charge in [0.1, 0.15) is 17.4 Å². The van der Waals surface area contributed by atoms with E-state index in [0.717, 1.165) is 16.6 Å². The Kier molecular flexibility index (Phi) is 3.13. The van der Waals surface area contributed by atoms with Gasteiger partial charge in [-0.05, 0) is 36.4 Å². The van der Waals surface area contributed by atoms with Gasteiger partial charge in [0.15, 0.2) is 11.4 Å². The highest BCUT2D eigenvalue weighted by atomic mass is 35.5. The van der Waals surface area contributed by atoms with Gasteiger partial charge in [0.25, 0.3) is 0 Å². The van der Waals surface area contributed by atoms with E-state index in [9.17, 15) is 0 Å². The molecule has 1 N–H and O–H groups in total. The Morgan fingerprint density at radius 3 is 2.68 bits per heavy atom. The van der Waals surface area contributed by atoms with Crippen molar-refractivity contribution in [1.29, 1.82) is 0 Å². The number of fused-ring (bicyclic) bond motifs is 3. The summed E-state index contributed by atoms with van der Waals surface area (Å²) < 4.78 is 5.86. The van der Waals surface area contributed by atoms with Crippen molar-refractivity contribution in [3.63, 3.8) is 0 Å². The van der Waals surface area contributed by atoms with E-state index in [-0.39, 0.29) is 0 Å². The maximum Gasteiger partial charge on any atom is 0.196 e. The van der Waals surface area contributed by atoms with Crippen LogP contribution in [0.3, 0.4) is 0 Å². The summed E-state index contributed by atoms with van der Waals surface area (Å²) in [5, 5.41) is 5.34. The van der Waals surface area contributed by atoms with Crippen molar-refractivity contribution >= 4 is 56.8 Å². The molecule has 4 rings (SSSR count). The van der Waals surface area contributed by atoms with E-state index in [1.54, 1.807) is 6.07 Å². The highest BCUT2D eigenvalue weighted by Gasteiger charge is 2.13. The molecular weight excluding hydrogens is 321 g/mol. The first-order valence-electron chi connectivity index (χ1n) is 6.56. The summed E-state index contributed by atoms with van der Waals surface area (Å²) in [6, 6.07) is 12.8. The molecule has 0 radical (unpaired) electrons. The fraction of sp³-hybridized carbons (Fsp3) is 0. The summed E-state index contributed by atoms with van der Waals surface area (Å²) in [7, 11) is 0. The monoisotopic (exact) mass is 329 g/mol. The number of anilines is 2. The molecule has 4 aromatic rings. The lowest BCUT2D eigenvalue weighted by molar-refractivity contribution is 0.667. The van der Waals surface area contributed by atoms with Crippen LogP contribution in [0.15, 0.2) is 53.2 Å². The van der Waals surface area contributed by atoms with Crippen LogP contribution < -0.4 is 5.32 Å². The predicted octanol–water partition coefficient (Wildman–Crippen LogP) is 5.43. The van der Waals surface area contributed by atoms with Crippen molar-refractivity contribution in [3.05, 3.63) is 58.8 Å². The minimum Gasteiger partial charge on any atom is -0.450 e. The average Bonchev–Trinajstić information content (AvgIpc) is 2.87. The van der Waals surface area contributed by atoms with E-state index < -0.39 is 0 Å². The van der Waals surface area contributed by atoms with E-state index in [1.165, 1.54) is 6.33 Å². The summed E-state index contributed by atoms with van der Waals surface area (Å²) in [5.74, 6) is 0.583. The molecule has 108 valence electrons. The standard InChI is InChI=1S/C16H9Cl2N3O/c17-9-2-1-3-11(6-9)21-16-15-14(19-8-20-16)12-7-10(18)4-5-13(12)22-15/h1-8H,(H,19,20,21). The van der Waals surface area contributed by atoms with E-state index in [2.05, 4.69) is 15.3 Å². The van der Waals surface area contributed by atoms with E-state index in [0.29, 0.717) is 27.0 Å². The van der Waals surface area contributed by atoms with Crippen molar-refractivity contribution in [2.45, 2.75) is 0 Å². The molecule has 2 aromatic carbocycles. The molecule has 0 saturated heterocycles. The lowest BCUT2D eigenvalue weighted by Crippen LogP contribution is -1.94. The Balaban J connectivity index is 1.89. The third-order valence-electron chi connectivity index (χ3n) is 3.30. The van der Waals surface area contributed by atoms with Gasteiger partial charge in [-0.3, -0.25) is 0 Å². The Morgan fingerprint density at radius 1 is 0.955 bits per heavy atom. The molecule has 0 spiro atoms. The fourth-order valence-corrected chi connectivity index (χ4v) is 2.70. The summed E-state index contributed by atoms with van der Waals surface area (Å²) in [6.45, 7) is 0. The van der Waals surface area contributed by atoms with Gasteiger partial charge in [0.2, 0.25) is 0 Å². The fourth-order valence-electron chi connectivity index (χ4n) is 2.34. The number of furan rings is 1. The number of hydrogen-bond donors (Lipinski definition) is 1. The van der Waals surface area contributed by atoms with Crippen LogP contribution in [-0.4, -0.2) is 9.97 Å². The minimum absolute atomic E-state index is 0.583. The van der Waals surface area contributed by atoms with Crippen molar-refractivity contribution in [2.24, 2.45) is 0 Å². The SMILES string of the molecule is Clc1cccc(Nc2ncnc3c2oc2ccc(Cl)cc23)c1. The number of halogens is 2. The zero-order valence-electron chi connectivity index (χ0n) is 11.2. The van der Waals surface area contributed by atoms with Gasteiger partial charge >= 0.3 is 0 Å². The Labute approximate surface area is 135 Å². The first kappa shape index (κ1) is 13.4. The second-order valence-electron chi connectivity index (χ2n) is 4.78. The summed E-state index contributed by atoms with van der Waals surface area (Å²) in [5.41, 5.74) is 2.84. The Hall–Kier alpha value is -2.30. The molecule has 0 atom stereocenters. The predicted molar refractivity (Wildman–Crippen MR) is 89.1 cm³/mol. The lowest BCUT2D eigenvalue weighted by atomic mass is 10.2. The molecule has 0 amide bonds. The van der Waals surface area contributed by atoms with E-state index in [4.69, 9.17) is 27.6 Å². The second kappa shape index (κ2) is 5.16. The molecular formula is C16H9Cl2N3O. The molecule has 0 unspecified atom stereocenters. The van der Waals surface area contributed by atoms with Gasteiger partial charge in [-0.1, -0.05) is 29.3 Å². The van der Waals surface area contributed by atoms with Crippen LogP contribution >= 0.6 is 23.2 Å².